The van der Waals surface area contributed by atoms with Crippen LogP contribution >= 0.6 is 0 Å². The van der Waals surface area contributed by atoms with Gasteiger partial charge < -0.3 is 14.5 Å². The van der Waals surface area contributed by atoms with E-state index in [1.807, 2.05) is 13.0 Å². The van der Waals surface area contributed by atoms with Crippen molar-refractivity contribution >= 4 is 17.5 Å². The number of hydrogen-bond acceptors (Lipinski definition) is 6. The number of carbonyl (C=O) groups is 2. The minimum Gasteiger partial charge on any atom is -0.496 e. The van der Waals surface area contributed by atoms with Gasteiger partial charge in [-0.1, -0.05) is 6.07 Å². The number of nitrogens with zero attached hydrogens (tertiary/aromatic N) is 5. The predicted octanol–water partition coefficient (Wildman–Crippen LogP) is 1.71. The van der Waals surface area contributed by atoms with E-state index in [1.165, 1.54) is 4.68 Å². The second-order valence-electron chi connectivity index (χ2n) is 7.29. The normalized spacial score (nSPS) is 14.0. The molecule has 0 unspecified atom stereocenters. The number of benzene rings is 1. The third kappa shape index (κ3) is 4.12. The van der Waals surface area contributed by atoms with Gasteiger partial charge in [0.1, 0.15) is 23.7 Å². The molecule has 0 atom stereocenters. The van der Waals surface area contributed by atoms with Gasteiger partial charge in [0, 0.05) is 31.7 Å². The molecule has 1 aromatic heterocycles. The molecule has 0 N–H and O–H groups in total. The minimum absolute atomic E-state index is 0.0632. The van der Waals surface area contributed by atoms with Gasteiger partial charge in [0.05, 0.1) is 12.0 Å². The first kappa shape index (κ1) is 21.3. The summed E-state index contributed by atoms with van der Waals surface area (Å²) in [5, 5.41) is 15.3. The zero-order valence-corrected chi connectivity index (χ0v) is 17.5. The predicted molar refractivity (Wildman–Crippen MR) is 109 cm³/mol. The molecule has 1 saturated heterocycles. The van der Waals surface area contributed by atoms with Crippen molar-refractivity contribution in [2.45, 2.75) is 27.3 Å². The Kier molecular flexibility index (Phi) is 6.04. The molecule has 2 heterocycles. The van der Waals surface area contributed by atoms with Gasteiger partial charge in [0.25, 0.3) is 5.91 Å². The number of amides is 2. The quantitative estimate of drug-likeness (QED) is 0.543. The summed E-state index contributed by atoms with van der Waals surface area (Å²) in [6, 6.07) is 5.35. The van der Waals surface area contributed by atoms with E-state index in [2.05, 4.69) is 5.10 Å². The van der Waals surface area contributed by atoms with Crippen LogP contribution in [0.15, 0.2) is 18.2 Å². The van der Waals surface area contributed by atoms with Gasteiger partial charge in [-0.25, -0.2) is 0 Å². The number of aryl methyl sites for hydroxylation is 2. The highest BCUT2D eigenvalue weighted by atomic mass is 16.6. The van der Waals surface area contributed by atoms with E-state index in [-0.39, 0.29) is 29.7 Å². The summed E-state index contributed by atoms with van der Waals surface area (Å²) in [5.74, 6) is 0.378. The maximum Gasteiger partial charge on any atom is 0.312 e. The Morgan fingerprint density at radius 1 is 1.13 bits per heavy atom. The summed E-state index contributed by atoms with van der Waals surface area (Å²) in [4.78, 5) is 39.4. The zero-order chi connectivity index (χ0) is 22.0. The molecule has 2 aromatic rings. The molecule has 160 valence electrons. The summed E-state index contributed by atoms with van der Waals surface area (Å²) in [6.07, 6.45) is 0. The first-order valence-electron chi connectivity index (χ1n) is 9.63. The zero-order valence-electron chi connectivity index (χ0n) is 17.5. The third-order valence-corrected chi connectivity index (χ3v) is 5.39. The molecule has 1 aliphatic heterocycles. The first-order chi connectivity index (χ1) is 14.2. The lowest BCUT2D eigenvalue weighted by molar-refractivity contribution is -0.386. The summed E-state index contributed by atoms with van der Waals surface area (Å²) < 4.78 is 6.66. The molecular formula is C20H25N5O5. The van der Waals surface area contributed by atoms with Crippen molar-refractivity contribution in [1.29, 1.82) is 0 Å². The first-order valence-corrected chi connectivity index (χ1v) is 9.63. The van der Waals surface area contributed by atoms with Crippen LogP contribution in [-0.2, 0) is 11.3 Å². The fourth-order valence-corrected chi connectivity index (χ4v) is 3.63. The van der Waals surface area contributed by atoms with Crippen LogP contribution in [0.2, 0.25) is 0 Å². The Labute approximate surface area is 174 Å². The van der Waals surface area contributed by atoms with Crippen LogP contribution < -0.4 is 4.74 Å². The van der Waals surface area contributed by atoms with Gasteiger partial charge in [0.15, 0.2) is 0 Å². The highest BCUT2D eigenvalue weighted by Crippen LogP contribution is 2.22. The van der Waals surface area contributed by atoms with Crippen LogP contribution in [-0.4, -0.2) is 69.6 Å². The Morgan fingerprint density at radius 2 is 1.77 bits per heavy atom. The van der Waals surface area contributed by atoms with Crippen molar-refractivity contribution in [1.82, 2.24) is 19.6 Å². The number of aromatic nitrogens is 2. The molecule has 2 amide bonds. The summed E-state index contributed by atoms with van der Waals surface area (Å²) in [6.45, 7) is 6.60. The number of nitro groups is 1. The maximum atomic E-state index is 12.8. The molecule has 30 heavy (non-hydrogen) atoms. The van der Waals surface area contributed by atoms with Crippen LogP contribution in [0.1, 0.15) is 27.3 Å². The third-order valence-electron chi connectivity index (χ3n) is 5.39. The summed E-state index contributed by atoms with van der Waals surface area (Å²) >= 11 is 0. The van der Waals surface area contributed by atoms with E-state index < -0.39 is 4.92 Å². The van der Waals surface area contributed by atoms with Crippen molar-refractivity contribution in [3.05, 3.63) is 50.8 Å². The van der Waals surface area contributed by atoms with Crippen molar-refractivity contribution in [2.24, 2.45) is 0 Å². The number of ether oxygens (including phenoxy) is 1. The van der Waals surface area contributed by atoms with Crippen molar-refractivity contribution in [2.75, 3.05) is 33.3 Å². The molecule has 0 bridgehead atoms. The molecule has 1 aliphatic rings. The summed E-state index contributed by atoms with van der Waals surface area (Å²) in [5.41, 5.74) is 2.08. The van der Waals surface area contributed by atoms with Crippen LogP contribution in [0.3, 0.4) is 0 Å². The molecular weight excluding hydrogens is 390 g/mol. The minimum atomic E-state index is -0.483. The summed E-state index contributed by atoms with van der Waals surface area (Å²) in [7, 11) is 1.57. The molecule has 0 radical (unpaired) electrons. The van der Waals surface area contributed by atoms with Gasteiger partial charge in [0.2, 0.25) is 5.91 Å². The second-order valence-corrected chi connectivity index (χ2v) is 7.29. The van der Waals surface area contributed by atoms with Gasteiger partial charge in [-0.3, -0.25) is 24.4 Å². The number of hydrogen-bond donors (Lipinski definition) is 0. The molecule has 3 rings (SSSR count). The van der Waals surface area contributed by atoms with Crippen LogP contribution in [0.25, 0.3) is 0 Å². The second kappa shape index (κ2) is 8.52. The Morgan fingerprint density at radius 3 is 2.33 bits per heavy atom. The Balaban J connectivity index is 1.61. The highest BCUT2D eigenvalue weighted by molar-refractivity contribution is 5.95. The average Bonchev–Trinajstić information content (AvgIpc) is 3.00. The van der Waals surface area contributed by atoms with Crippen LogP contribution in [0, 0.1) is 30.9 Å². The van der Waals surface area contributed by atoms with E-state index in [1.54, 1.807) is 42.9 Å². The van der Waals surface area contributed by atoms with E-state index >= 15 is 0 Å². The van der Waals surface area contributed by atoms with Crippen LogP contribution in [0.5, 0.6) is 5.75 Å². The SMILES string of the molecule is COc1cc(C(=O)N2CCN(C(=O)Cn3nc(C)c([N+](=O)[O-])c3C)CC2)ccc1C. The average molecular weight is 415 g/mol. The van der Waals surface area contributed by atoms with Crippen LogP contribution in [0.4, 0.5) is 5.69 Å². The lowest BCUT2D eigenvalue weighted by Crippen LogP contribution is -2.51. The standard InChI is InChI=1S/C20H25N5O5/c1-13-5-6-16(11-17(13)30-4)20(27)23-9-7-22(8-10-23)18(26)12-24-15(3)19(25(28)29)14(2)21-24/h5-6,11H,7-10,12H2,1-4H3. The Hall–Kier alpha value is -3.43. The smallest absolute Gasteiger partial charge is 0.312 e. The molecule has 1 fully saturated rings. The molecule has 0 saturated carbocycles. The van der Waals surface area contributed by atoms with Gasteiger partial charge in [-0.15, -0.1) is 0 Å². The largest absolute Gasteiger partial charge is 0.496 e. The number of piperazine rings is 1. The molecule has 0 spiro atoms. The maximum absolute atomic E-state index is 12.8. The monoisotopic (exact) mass is 415 g/mol. The van der Waals surface area contributed by atoms with E-state index in [0.717, 1.165) is 5.56 Å². The fraction of sp³-hybridized carbons (Fsp3) is 0.450. The molecule has 10 nitrogen and oxygen atoms in total. The van der Waals surface area contributed by atoms with Gasteiger partial charge in [-0.05, 0) is 38.5 Å². The number of rotatable bonds is 5. The number of methoxy groups -OCH3 is 1. The topological polar surface area (TPSA) is 111 Å². The van der Waals surface area contributed by atoms with Gasteiger partial charge in [-0.2, -0.15) is 5.10 Å². The van der Waals surface area contributed by atoms with E-state index in [9.17, 15) is 19.7 Å². The lowest BCUT2D eigenvalue weighted by Gasteiger charge is -2.35. The van der Waals surface area contributed by atoms with Crippen molar-refractivity contribution in [3.8, 4) is 5.75 Å². The van der Waals surface area contributed by atoms with Crippen molar-refractivity contribution < 1.29 is 19.2 Å². The lowest BCUT2D eigenvalue weighted by atomic mass is 10.1. The van der Waals surface area contributed by atoms with Crippen molar-refractivity contribution in [3.63, 3.8) is 0 Å². The molecule has 0 aliphatic carbocycles. The molecule has 1 aromatic carbocycles. The Bertz CT molecular complexity index is 992. The van der Waals surface area contributed by atoms with E-state index in [4.69, 9.17) is 4.74 Å². The molecule has 10 heteroatoms. The fourth-order valence-electron chi connectivity index (χ4n) is 3.63. The van der Waals surface area contributed by atoms with E-state index in [0.29, 0.717) is 43.2 Å². The highest BCUT2D eigenvalue weighted by Gasteiger charge is 2.27. The number of carbonyl (C=O) groups excluding carboxylic acids is 2. The van der Waals surface area contributed by atoms with Gasteiger partial charge >= 0.3 is 5.69 Å².